The Hall–Kier alpha value is -0.980. The van der Waals surface area contributed by atoms with E-state index in [1.165, 1.54) is 49.8 Å². The minimum atomic E-state index is 0.445. The predicted molar refractivity (Wildman–Crippen MR) is 93.9 cm³/mol. The Morgan fingerprint density at radius 3 is 2.10 bits per heavy atom. The van der Waals surface area contributed by atoms with Crippen molar-refractivity contribution in [3.63, 3.8) is 0 Å². The van der Waals surface area contributed by atoms with Gasteiger partial charge in [-0.1, -0.05) is 53.2 Å². The van der Waals surface area contributed by atoms with E-state index in [0.29, 0.717) is 16.9 Å². The first-order valence-electron chi connectivity index (χ1n) is 8.65. The summed E-state index contributed by atoms with van der Waals surface area (Å²) >= 11 is 0. The van der Waals surface area contributed by atoms with E-state index in [2.05, 4.69) is 64.2 Å². The van der Waals surface area contributed by atoms with Crippen molar-refractivity contribution in [3.05, 3.63) is 29.8 Å². The van der Waals surface area contributed by atoms with Crippen molar-refractivity contribution in [2.45, 2.75) is 79.2 Å². The van der Waals surface area contributed by atoms with Gasteiger partial charge in [0, 0.05) is 11.7 Å². The normalized spacial score (nSPS) is 21.2. The van der Waals surface area contributed by atoms with Gasteiger partial charge in [0.05, 0.1) is 0 Å². The molecule has 1 saturated carbocycles. The molecule has 0 amide bonds. The third-order valence-electron chi connectivity index (χ3n) is 4.70. The molecule has 1 aliphatic rings. The van der Waals surface area contributed by atoms with Crippen LogP contribution in [0.2, 0.25) is 0 Å². The molecule has 1 aliphatic carbocycles. The van der Waals surface area contributed by atoms with Gasteiger partial charge < -0.3 is 5.32 Å². The summed E-state index contributed by atoms with van der Waals surface area (Å²) in [5.41, 5.74) is 3.64. The van der Waals surface area contributed by atoms with Crippen molar-refractivity contribution in [1.82, 2.24) is 0 Å². The molecule has 1 nitrogen and oxygen atoms in total. The van der Waals surface area contributed by atoms with Gasteiger partial charge in [-0.05, 0) is 60.6 Å². The Morgan fingerprint density at radius 2 is 1.57 bits per heavy atom. The van der Waals surface area contributed by atoms with Crippen LogP contribution in [0.25, 0.3) is 0 Å². The number of unbranched alkanes of at least 4 members (excludes halogenated alkanes) is 1. The van der Waals surface area contributed by atoms with E-state index in [-0.39, 0.29) is 0 Å². The molecule has 2 rings (SSSR count). The minimum Gasteiger partial charge on any atom is -0.382 e. The van der Waals surface area contributed by atoms with Crippen LogP contribution in [0.5, 0.6) is 0 Å². The molecule has 0 unspecified atom stereocenters. The summed E-state index contributed by atoms with van der Waals surface area (Å²) in [6, 6.07) is 9.71. The number of benzene rings is 1. The van der Waals surface area contributed by atoms with E-state index < -0.39 is 0 Å². The molecule has 0 aromatic heterocycles. The lowest BCUT2D eigenvalue weighted by Crippen LogP contribution is -2.40. The van der Waals surface area contributed by atoms with Gasteiger partial charge in [-0.3, -0.25) is 0 Å². The van der Waals surface area contributed by atoms with Crippen molar-refractivity contribution in [1.29, 1.82) is 0 Å². The molecule has 0 aliphatic heterocycles. The molecule has 0 saturated heterocycles. The molecule has 0 spiro atoms. The van der Waals surface area contributed by atoms with Gasteiger partial charge in [0.15, 0.2) is 0 Å². The van der Waals surface area contributed by atoms with Gasteiger partial charge in [0.1, 0.15) is 0 Å². The van der Waals surface area contributed by atoms with E-state index in [0.717, 1.165) is 0 Å². The van der Waals surface area contributed by atoms with Gasteiger partial charge >= 0.3 is 0 Å². The second-order valence-corrected chi connectivity index (χ2v) is 8.56. The molecule has 1 heteroatoms. The Bertz CT molecular complexity index is 425. The molecule has 21 heavy (non-hydrogen) atoms. The van der Waals surface area contributed by atoms with Crippen molar-refractivity contribution >= 4 is 5.69 Å². The van der Waals surface area contributed by atoms with Crippen molar-refractivity contribution in [3.8, 4) is 0 Å². The van der Waals surface area contributed by atoms with E-state index in [1.54, 1.807) is 0 Å². The molecule has 0 radical (unpaired) electrons. The Balaban J connectivity index is 1.97. The lowest BCUT2D eigenvalue weighted by Gasteiger charge is -2.45. The molecule has 0 bridgehead atoms. The maximum atomic E-state index is 3.78. The predicted octanol–water partition coefficient (Wildman–Crippen LogP) is 6.05. The third-order valence-corrected chi connectivity index (χ3v) is 4.70. The highest BCUT2D eigenvalue weighted by atomic mass is 14.9. The quantitative estimate of drug-likeness (QED) is 0.695. The highest BCUT2D eigenvalue weighted by Gasteiger charge is 2.38. The van der Waals surface area contributed by atoms with Gasteiger partial charge in [-0.25, -0.2) is 0 Å². The van der Waals surface area contributed by atoms with Crippen LogP contribution in [0.15, 0.2) is 24.3 Å². The average Bonchev–Trinajstić information content (AvgIpc) is 2.34. The molecule has 1 fully saturated rings. The molecular formula is C20H33N. The van der Waals surface area contributed by atoms with Crippen LogP contribution >= 0.6 is 0 Å². The zero-order valence-corrected chi connectivity index (χ0v) is 14.6. The highest BCUT2D eigenvalue weighted by molar-refractivity contribution is 5.45. The zero-order chi connectivity index (χ0) is 15.5. The first kappa shape index (κ1) is 16.4. The van der Waals surface area contributed by atoms with Gasteiger partial charge in [0.25, 0.3) is 0 Å². The van der Waals surface area contributed by atoms with E-state index in [9.17, 15) is 0 Å². The summed E-state index contributed by atoms with van der Waals surface area (Å²) in [5.74, 6) is 0. The fraction of sp³-hybridized carbons (Fsp3) is 0.700. The van der Waals surface area contributed by atoms with Crippen LogP contribution in [0.1, 0.15) is 72.3 Å². The Kier molecular flexibility index (Phi) is 5.01. The van der Waals surface area contributed by atoms with Gasteiger partial charge in [0.2, 0.25) is 0 Å². The monoisotopic (exact) mass is 287 g/mol. The summed E-state index contributed by atoms with van der Waals surface area (Å²) in [6.45, 7) is 11.9. The average molecular weight is 287 g/mol. The lowest BCUT2D eigenvalue weighted by molar-refractivity contribution is 0.105. The van der Waals surface area contributed by atoms with Gasteiger partial charge in [-0.2, -0.15) is 0 Å². The number of hydrogen-bond donors (Lipinski definition) is 1. The number of anilines is 1. The van der Waals surface area contributed by atoms with E-state index >= 15 is 0 Å². The van der Waals surface area contributed by atoms with E-state index in [1.807, 2.05) is 0 Å². The molecule has 1 aromatic rings. The maximum Gasteiger partial charge on any atom is 0.0342 e. The fourth-order valence-corrected chi connectivity index (χ4v) is 4.33. The fourth-order valence-electron chi connectivity index (χ4n) is 4.33. The van der Waals surface area contributed by atoms with Crippen LogP contribution in [0, 0.1) is 10.8 Å². The molecular weight excluding hydrogens is 254 g/mol. The smallest absolute Gasteiger partial charge is 0.0342 e. The second kappa shape index (κ2) is 6.42. The summed E-state index contributed by atoms with van der Waals surface area (Å²) in [5, 5.41) is 3.78. The lowest BCUT2D eigenvalue weighted by atomic mass is 9.63. The standard InChI is InChI=1S/C20H33N/c1-6-7-8-16-9-11-17(12-10-16)21-18-13-19(2,3)15-20(4,5)14-18/h9-12,18,21H,6-8,13-15H2,1-5H3. The zero-order valence-electron chi connectivity index (χ0n) is 14.6. The van der Waals surface area contributed by atoms with Crippen molar-refractivity contribution in [2.24, 2.45) is 10.8 Å². The van der Waals surface area contributed by atoms with Crippen LogP contribution in [-0.4, -0.2) is 6.04 Å². The van der Waals surface area contributed by atoms with E-state index in [4.69, 9.17) is 0 Å². The van der Waals surface area contributed by atoms with Crippen LogP contribution in [0.3, 0.4) is 0 Å². The molecule has 1 aromatic carbocycles. The summed E-state index contributed by atoms with van der Waals surface area (Å²) < 4.78 is 0. The second-order valence-electron chi connectivity index (χ2n) is 8.56. The molecule has 0 atom stereocenters. The molecule has 118 valence electrons. The number of rotatable bonds is 5. The first-order valence-corrected chi connectivity index (χ1v) is 8.65. The minimum absolute atomic E-state index is 0.445. The summed E-state index contributed by atoms with van der Waals surface area (Å²) in [6.07, 6.45) is 7.64. The highest BCUT2D eigenvalue weighted by Crippen LogP contribution is 2.46. The number of aryl methyl sites for hydroxylation is 1. The SMILES string of the molecule is CCCCc1ccc(NC2CC(C)(C)CC(C)(C)C2)cc1. The van der Waals surface area contributed by atoms with Gasteiger partial charge in [-0.15, -0.1) is 0 Å². The first-order chi connectivity index (χ1) is 9.80. The molecule has 1 N–H and O–H groups in total. The Labute approximate surface area is 131 Å². The summed E-state index contributed by atoms with van der Waals surface area (Å²) in [4.78, 5) is 0. The number of nitrogens with one attached hydrogen (secondary N) is 1. The van der Waals surface area contributed by atoms with Crippen LogP contribution in [0.4, 0.5) is 5.69 Å². The van der Waals surface area contributed by atoms with Crippen LogP contribution < -0.4 is 5.32 Å². The summed E-state index contributed by atoms with van der Waals surface area (Å²) in [7, 11) is 0. The third kappa shape index (κ3) is 5.05. The topological polar surface area (TPSA) is 12.0 Å². The van der Waals surface area contributed by atoms with Crippen molar-refractivity contribution < 1.29 is 0 Å². The maximum absolute atomic E-state index is 3.78. The Morgan fingerprint density at radius 1 is 1.00 bits per heavy atom. The molecule has 0 heterocycles. The van der Waals surface area contributed by atoms with Crippen LogP contribution in [-0.2, 0) is 6.42 Å². The van der Waals surface area contributed by atoms with Crippen molar-refractivity contribution in [2.75, 3.05) is 5.32 Å². The number of hydrogen-bond acceptors (Lipinski definition) is 1. The largest absolute Gasteiger partial charge is 0.382 e.